The number of urea groups is 1. The first-order chi connectivity index (χ1) is 16.4. The SMILES string of the molecule is C#Cc1ccc(C2(F)CCN(C(=O)c3ccc(C)c(NC(=O)NC[C@H]4CCCO4)c3)CC2)cc1. The Kier molecular flexibility index (Phi) is 7.18. The van der Waals surface area contributed by atoms with Crippen molar-refractivity contribution in [2.24, 2.45) is 0 Å². The first-order valence-corrected chi connectivity index (χ1v) is 11.7. The summed E-state index contributed by atoms with van der Waals surface area (Å²) in [5.41, 5.74) is 1.70. The van der Waals surface area contributed by atoms with Crippen LogP contribution in [0.1, 0.15) is 52.7 Å². The summed E-state index contributed by atoms with van der Waals surface area (Å²) in [4.78, 5) is 27.1. The fourth-order valence-corrected chi connectivity index (χ4v) is 4.47. The maximum atomic E-state index is 15.6. The van der Waals surface area contributed by atoms with E-state index < -0.39 is 5.67 Å². The summed E-state index contributed by atoms with van der Waals surface area (Å²) in [6, 6.07) is 11.8. The third-order valence-corrected chi connectivity index (χ3v) is 6.66. The second-order valence-electron chi connectivity index (χ2n) is 8.98. The zero-order valence-electron chi connectivity index (χ0n) is 19.4. The predicted octanol–water partition coefficient (Wildman–Crippen LogP) is 4.38. The Morgan fingerprint density at radius 2 is 1.94 bits per heavy atom. The number of amides is 3. The number of nitrogens with zero attached hydrogens (tertiary/aromatic N) is 1. The number of likely N-dealkylation sites (tertiary alicyclic amines) is 1. The molecular weight excluding hydrogens is 433 g/mol. The minimum absolute atomic E-state index is 0.0525. The number of hydrogen-bond acceptors (Lipinski definition) is 3. The number of halogens is 1. The highest BCUT2D eigenvalue weighted by molar-refractivity contribution is 5.97. The lowest BCUT2D eigenvalue weighted by molar-refractivity contribution is 0.0421. The zero-order valence-corrected chi connectivity index (χ0v) is 19.4. The molecule has 2 heterocycles. The van der Waals surface area contributed by atoms with Crippen LogP contribution in [-0.2, 0) is 10.4 Å². The number of benzene rings is 2. The normalized spacial score (nSPS) is 19.3. The van der Waals surface area contributed by atoms with E-state index in [4.69, 9.17) is 11.2 Å². The molecule has 2 saturated heterocycles. The molecule has 4 rings (SSSR count). The second kappa shape index (κ2) is 10.3. The molecule has 0 aliphatic carbocycles. The number of anilines is 1. The van der Waals surface area contributed by atoms with E-state index in [-0.39, 0.29) is 30.9 Å². The van der Waals surface area contributed by atoms with E-state index in [1.165, 1.54) is 0 Å². The highest BCUT2D eigenvalue weighted by Crippen LogP contribution is 2.37. The molecule has 3 amide bonds. The molecule has 2 aliphatic heterocycles. The first kappa shape index (κ1) is 23.8. The van der Waals surface area contributed by atoms with E-state index >= 15 is 4.39 Å². The van der Waals surface area contributed by atoms with Gasteiger partial charge in [0.15, 0.2) is 0 Å². The summed E-state index contributed by atoms with van der Waals surface area (Å²) < 4.78 is 21.1. The number of piperidine rings is 1. The summed E-state index contributed by atoms with van der Waals surface area (Å²) >= 11 is 0. The van der Waals surface area contributed by atoms with E-state index in [0.717, 1.165) is 25.0 Å². The molecule has 0 bridgehead atoms. The molecule has 34 heavy (non-hydrogen) atoms. The zero-order chi connectivity index (χ0) is 24.1. The van der Waals surface area contributed by atoms with Gasteiger partial charge >= 0.3 is 6.03 Å². The maximum Gasteiger partial charge on any atom is 0.319 e. The van der Waals surface area contributed by atoms with Crippen LogP contribution in [0.4, 0.5) is 14.9 Å². The number of alkyl halides is 1. The van der Waals surface area contributed by atoms with Gasteiger partial charge in [-0.1, -0.05) is 24.1 Å². The van der Waals surface area contributed by atoms with Gasteiger partial charge < -0.3 is 20.3 Å². The minimum atomic E-state index is -1.48. The fraction of sp³-hybridized carbons (Fsp3) is 0.407. The quantitative estimate of drug-likeness (QED) is 0.647. The molecule has 2 fully saturated rings. The first-order valence-electron chi connectivity index (χ1n) is 11.7. The van der Waals surface area contributed by atoms with Crippen molar-refractivity contribution in [3.63, 3.8) is 0 Å². The topological polar surface area (TPSA) is 70.7 Å². The van der Waals surface area contributed by atoms with Crippen LogP contribution in [-0.4, -0.2) is 49.2 Å². The molecule has 2 aromatic rings. The van der Waals surface area contributed by atoms with E-state index in [2.05, 4.69) is 16.6 Å². The van der Waals surface area contributed by atoms with Crippen LogP contribution in [0.5, 0.6) is 0 Å². The van der Waals surface area contributed by atoms with Crippen molar-refractivity contribution in [3.8, 4) is 12.3 Å². The fourth-order valence-electron chi connectivity index (χ4n) is 4.47. The minimum Gasteiger partial charge on any atom is -0.376 e. The van der Waals surface area contributed by atoms with E-state index in [1.54, 1.807) is 47.4 Å². The second-order valence-corrected chi connectivity index (χ2v) is 8.98. The number of aryl methyl sites for hydroxylation is 1. The monoisotopic (exact) mass is 463 g/mol. The number of hydrogen-bond donors (Lipinski definition) is 2. The van der Waals surface area contributed by atoms with Gasteiger partial charge in [-0.2, -0.15) is 0 Å². The largest absolute Gasteiger partial charge is 0.376 e. The van der Waals surface area contributed by atoms with Crippen molar-refractivity contribution in [1.29, 1.82) is 0 Å². The molecule has 0 radical (unpaired) electrons. The van der Waals surface area contributed by atoms with Gasteiger partial charge in [-0.3, -0.25) is 4.79 Å². The maximum absolute atomic E-state index is 15.6. The molecule has 2 aliphatic rings. The van der Waals surface area contributed by atoms with Crippen molar-refractivity contribution in [2.75, 3.05) is 31.6 Å². The van der Waals surface area contributed by atoms with Crippen molar-refractivity contribution in [3.05, 3.63) is 64.7 Å². The van der Waals surface area contributed by atoms with Gasteiger partial charge in [-0.15, -0.1) is 6.42 Å². The standard InChI is InChI=1S/C27H30FN3O3/c1-3-20-7-10-22(11-8-20)27(28)12-14-31(15-13-27)25(32)21-9-6-19(2)24(17-21)30-26(33)29-18-23-5-4-16-34-23/h1,6-11,17,23H,4-5,12-16,18H2,2H3,(H2,29,30,33)/t23-/m1/s1. The average Bonchev–Trinajstić information content (AvgIpc) is 3.38. The van der Waals surface area contributed by atoms with Crippen molar-refractivity contribution in [1.82, 2.24) is 10.2 Å². The summed E-state index contributed by atoms with van der Waals surface area (Å²) in [6.45, 7) is 3.67. The van der Waals surface area contributed by atoms with Crippen LogP contribution >= 0.6 is 0 Å². The highest BCUT2D eigenvalue weighted by atomic mass is 19.1. The van der Waals surface area contributed by atoms with E-state index in [0.29, 0.717) is 42.0 Å². The molecular formula is C27H30FN3O3. The van der Waals surface area contributed by atoms with Gasteiger partial charge in [0.2, 0.25) is 0 Å². The van der Waals surface area contributed by atoms with Crippen molar-refractivity contribution < 1.29 is 18.7 Å². The van der Waals surface area contributed by atoms with Crippen LogP contribution < -0.4 is 10.6 Å². The van der Waals surface area contributed by atoms with Gasteiger partial charge in [0.05, 0.1) is 6.10 Å². The van der Waals surface area contributed by atoms with Gasteiger partial charge in [-0.05, 0) is 55.2 Å². The van der Waals surface area contributed by atoms with Crippen molar-refractivity contribution in [2.45, 2.75) is 44.4 Å². The summed E-state index contributed by atoms with van der Waals surface area (Å²) in [5, 5.41) is 5.65. The van der Waals surface area contributed by atoms with Gasteiger partial charge in [0.25, 0.3) is 5.91 Å². The summed E-state index contributed by atoms with van der Waals surface area (Å²) in [6.07, 6.45) is 7.83. The smallest absolute Gasteiger partial charge is 0.319 e. The van der Waals surface area contributed by atoms with Crippen LogP contribution in [0.3, 0.4) is 0 Å². The lowest BCUT2D eigenvalue weighted by Gasteiger charge is -2.37. The third-order valence-electron chi connectivity index (χ3n) is 6.66. The van der Waals surface area contributed by atoms with E-state index in [1.807, 2.05) is 6.92 Å². The molecule has 178 valence electrons. The Labute approximate surface area is 199 Å². The molecule has 0 spiro atoms. The number of rotatable bonds is 5. The lowest BCUT2D eigenvalue weighted by Crippen LogP contribution is -2.43. The molecule has 1 atom stereocenters. The van der Waals surface area contributed by atoms with Gasteiger partial charge in [-0.25, -0.2) is 9.18 Å². The Bertz CT molecular complexity index is 1080. The molecule has 0 saturated carbocycles. The Hall–Kier alpha value is -3.37. The number of ether oxygens (including phenoxy) is 1. The Balaban J connectivity index is 1.36. The van der Waals surface area contributed by atoms with Crippen molar-refractivity contribution >= 4 is 17.6 Å². The Morgan fingerprint density at radius 1 is 1.21 bits per heavy atom. The molecule has 2 N–H and O–H groups in total. The van der Waals surface area contributed by atoms with Crippen LogP contribution in [0.25, 0.3) is 0 Å². The molecule has 7 heteroatoms. The van der Waals surface area contributed by atoms with Gasteiger partial charge in [0, 0.05) is 55.9 Å². The summed E-state index contributed by atoms with van der Waals surface area (Å²) in [7, 11) is 0. The lowest BCUT2D eigenvalue weighted by atomic mass is 9.85. The average molecular weight is 464 g/mol. The molecule has 6 nitrogen and oxygen atoms in total. The highest BCUT2D eigenvalue weighted by Gasteiger charge is 2.37. The molecule has 0 aromatic heterocycles. The van der Waals surface area contributed by atoms with Crippen LogP contribution in [0.15, 0.2) is 42.5 Å². The number of terminal acetylenes is 1. The van der Waals surface area contributed by atoms with Crippen LogP contribution in [0.2, 0.25) is 0 Å². The Morgan fingerprint density at radius 3 is 2.59 bits per heavy atom. The predicted molar refractivity (Wildman–Crippen MR) is 129 cm³/mol. The number of carbonyl (C=O) groups is 2. The van der Waals surface area contributed by atoms with Crippen LogP contribution in [0, 0.1) is 19.3 Å². The van der Waals surface area contributed by atoms with E-state index in [9.17, 15) is 9.59 Å². The summed E-state index contributed by atoms with van der Waals surface area (Å²) in [5.74, 6) is 2.36. The van der Waals surface area contributed by atoms with Gasteiger partial charge in [0.1, 0.15) is 5.67 Å². The number of carbonyl (C=O) groups excluding carboxylic acids is 2. The third kappa shape index (κ3) is 5.40. The molecule has 2 aromatic carbocycles. The number of nitrogens with one attached hydrogen (secondary N) is 2. The molecule has 0 unspecified atom stereocenters.